The molecule has 0 fully saturated rings. The van der Waals surface area contributed by atoms with Gasteiger partial charge in [-0.15, -0.1) is 0 Å². The predicted molar refractivity (Wildman–Crippen MR) is 120 cm³/mol. The molecule has 0 spiro atoms. The lowest BCUT2D eigenvalue weighted by Crippen LogP contribution is -2.05. The van der Waals surface area contributed by atoms with Crippen LogP contribution in [-0.2, 0) is 4.79 Å². The minimum Gasteiger partial charge on any atom is -0.497 e. The van der Waals surface area contributed by atoms with E-state index in [2.05, 4.69) is 16.4 Å². The second-order valence-corrected chi connectivity index (χ2v) is 7.52. The van der Waals surface area contributed by atoms with Crippen molar-refractivity contribution in [3.8, 4) is 28.8 Å². The number of aromatic nitrogens is 1. The smallest absolute Gasteiger partial charge is 0.221 e. The van der Waals surface area contributed by atoms with Gasteiger partial charge in [0.05, 0.1) is 19.8 Å². The number of methoxy groups -OCH3 is 2. The van der Waals surface area contributed by atoms with Crippen LogP contribution < -0.4 is 14.8 Å². The summed E-state index contributed by atoms with van der Waals surface area (Å²) in [7, 11) is 3.15. The lowest BCUT2D eigenvalue weighted by molar-refractivity contribution is -0.114. The zero-order valence-electron chi connectivity index (χ0n) is 17.1. The molecule has 3 aromatic rings. The van der Waals surface area contributed by atoms with Crippen LogP contribution in [0.5, 0.6) is 11.5 Å². The molecule has 0 radical (unpaired) electrons. The Labute approximate surface area is 179 Å². The van der Waals surface area contributed by atoms with Crippen LogP contribution in [0.25, 0.3) is 22.9 Å². The second kappa shape index (κ2) is 9.25. The van der Waals surface area contributed by atoms with E-state index >= 15 is 0 Å². The monoisotopic (exact) mass is 419 g/mol. The topological polar surface area (TPSA) is 84.2 Å². The van der Waals surface area contributed by atoms with Crippen LogP contribution in [0.1, 0.15) is 23.1 Å². The zero-order valence-corrected chi connectivity index (χ0v) is 18.0. The van der Waals surface area contributed by atoms with Crippen LogP contribution in [0.3, 0.4) is 0 Å². The molecule has 0 unspecified atom stereocenters. The number of amides is 1. The van der Waals surface area contributed by atoms with Gasteiger partial charge >= 0.3 is 0 Å². The molecule has 6 nitrogen and oxygen atoms in total. The molecule has 1 aromatic heterocycles. The third-order valence-corrected chi connectivity index (χ3v) is 5.33. The molecule has 7 heteroatoms. The maximum absolute atomic E-state index is 11.7. The van der Waals surface area contributed by atoms with Gasteiger partial charge in [0, 0.05) is 18.1 Å². The number of carbonyl (C=O) groups is 1. The standard InChI is InChI=1S/C23H21N3O3S/c1-14-5-7-16(8-6-14)21-23(25-15(2)27)30-22(26-21)18(13-24)11-17-12-19(28-3)9-10-20(17)29-4/h5-12H,1-4H3,(H,25,27). The number of benzene rings is 2. The Balaban J connectivity index is 2.11. The van der Waals surface area contributed by atoms with E-state index in [1.54, 1.807) is 38.5 Å². The van der Waals surface area contributed by atoms with Crippen LogP contribution in [0.4, 0.5) is 5.00 Å². The van der Waals surface area contributed by atoms with E-state index < -0.39 is 0 Å². The summed E-state index contributed by atoms with van der Waals surface area (Å²) in [6.07, 6.45) is 1.71. The van der Waals surface area contributed by atoms with Crippen molar-refractivity contribution in [3.05, 3.63) is 58.6 Å². The molecule has 0 saturated heterocycles. The fourth-order valence-electron chi connectivity index (χ4n) is 2.84. The Morgan fingerprint density at radius 3 is 2.50 bits per heavy atom. The van der Waals surface area contributed by atoms with Crippen molar-refractivity contribution in [1.29, 1.82) is 5.26 Å². The van der Waals surface area contributed by atoms with E-state index in [0.29, 0.717) is 38.3 Å². The number of allylic oxidation sites excluding steroid dienone is 1. The highest BCUT2D eigenvalue weighted by Crippen LogP contribution is 2.37. The number of anilines is 1. The number of carbonyl (C=O) groups excluding carboxylic acids is 1. The van der Waals surface area contributed by atoms with Crippen LogP contribution in [0.2, 0.25) is 0 Å². The SMILES string of the molecule is COc1ccc(OC)c(C=C(C#N)c2nc(-c3ccc(C)cc3)c(NC(C)=O)s2)c1. The molecule has 0 aliphatic rings. The molecule has 0 aliphatic heterocycles. The van der Waals surface area contributed by atoms with E-state index in [4.69, 9.17) is 9.47 Å². The number of nitrogens with one attached hydrogen (secondary N) is 1. The number of ether oxygens (including phenoxy) is 2. The fourth-order valence-corrected chi connectivity index (χ4v) is 3.84. The zero-order chi connectivity index (χ0) is 21.7. The molecule has 1 amide bonds. The summed E-state index contributed by atoms with van der Waals surface area (Å²) in [5.41, 5.74) is 3.67. The van der Waals surface area contributed by atoms with Crippen molar-refractivity contribution in [1.82, 2.24) is 4.98 Å². The number of hydrogen-bond donors (Lipinski definition) is 1. The van der Waals surface area contributed by atoms with E-state index in [1.807, 2.05) is 31.2 Å². The maximum Gasteiger partial charge on any atom is 0.221 e. The van der Waals surface area contributed by atoms with Crippen LogP contribution in [-0.4, -0.2) is 25.1 Å². The molecule has 0 saturated carbocycles. The van der Waals surface area contributed by atoms with E-state index in [-0.39, 0.29) is 5.91 Å². The van der Waals surface area contributed by atoms with Gasteiger partial charge in [-0.1, -0.05) is 41.2 Å². The van der Waals surface area contributed by atoms with Gasteiger partial charge in [-0.25, -0.2) is 4.98 Å². The molecule has 1 N–H and O–H groups in total. The first kappa shape index (κ1) is 21.1. The normalized spacial score (nSPS) is 11.0. The van der Waals surface area contributed by atoms with Gasteiger partial charge in [0.2, 0.25) is 5.91 Å². The molecule has 1 heterocycles. The Bertz CT molecular complexity index is 1140. The van der Waals surface area contributed by atoms with Crippen molar-refractivity contribution in [2.45, 2.75) is 13.8 Å². The van der Waals surface area contributed by atoms with E-state index in [0.717, 1.165) is 11.1 Å². The highest BCUT2D eigenvalue weighted by atomic mass is 32.1. The van der Waals surface area contributed by atoms with Crippen molar-refractivity contribution < 1.29 is 14.3 Å². The Kier molecular flexibility index (Phi) is 6.50. The van der Waals surface area contributed by atoms with Crippen LogP contribution in [0, 0.1) is 18.3 Å². The van der Waals surface area contributed by atoms with E-state index in [9.17, 15) is 10.1 Å². The van der Waals surface area contributed by atoms with Crippen LogP contribution >= 0.6 is 11.3 Å². The summed E-state index contributed by atoms with van der Waals surface area (Å²) in [4.78, 5) is 16.4. The quantitative estimate of drug-likeness (QED) is 0.558. The Morgan fingerprint density at radius 1 is 1.17 bits per heavy atom. The number of thiazole rings is 1. The average molecular weight is 420 g/mol. The average Bonchev–Trinajstić information content (AvgIpc) is 3.15. The van der Waals surface area contributed by atoms with Crippen molar-refractivity contribution in [2.24, 2.45) is 0 Å². The molecule has 3 rings (SSSR count). The first-order valence-corrected chi connectivity index (χ1v) is 9.96. The molecule has 152 valence electrons. The maximum atomic E-state index is 11.7. The number of aryl methyl sites for hydroxylation is 1. The van der Waals surface area contributed by atoms with E-state index in [1.165, 1.54) is 18.3 Å². The van der Waals surface area contributed by atoms with Crippen LogP contribution in [0.15, 0.2) is 42.5 Å². The summed E-state index contributed by atoms with van der Waals surface area (Å²) < 4.78 is 10.7. The van der Waals surface area contributed by atoms with Gasteiger partial charge in [-0.05, 0) is 31.2 Å². The number of nitriles is 1. The van der Waals surface area contributed by atoms with Gasteiger partial charge < -0.3 is 14.8 Å². The van der Waals surface area contributed by atoms with Gasteiger partial charge in [0.1, 0.15) is 33.3 Å². The van der Waals surface area contributed by atoms with Gasteiger partial charge in [-0.3, -0.25) is 4.79 Å². The highest BCUT2D eigenvalue weighted by Gasteiger charge is 2.17. The van der Waals surface area contributed by atoms with Crippen molar-refractivity contribution in [3.63, 3.8) is 0 Å². The molecule has 0 aliphatic carbocycles. The third-order valence-electron chi connectivity index (χ3n) is 4.33. The summed E-state index contributed by atoms with van der Waals surface area (Å²) >= 11 is 1.26. The van der Waals surface area contributed by atoms with Gasteiger partial charge in [-0.2, -0.15) is 5.26 Å². The van der Waals surface area contributed by atoms with Crippen molar-refractivity contribution >= 4 is 33.9 Å². The first-order chi connectivity index (χ1) is 14.4. The second-order valence-electron chi connectivity index (χ2n) is 6.52. The third kappa shape index (κ3) is 4.67. The van der Waals surface area contributed by atoms with Crippen molar-refractivity contribution in [2.75, 3.05) is 19.5 Å². The molecule has 0 atom stereocenters. The van der Waals surface area contributed by atoms with Gasteiger partial charge in [0.15, 0.2) is 0 Å². The molecule has 0 bridgehead atoms. The lowest BCUT2D eigenvalue weighted by Gasteiger charge is -2.07. The molecule has 2 aromatic carbocycles. The summed E-state index contributed by atoms with van der Waals surface area (Å²) in [5, 5.41) is 13.7. The minimum atomic E-state index is -0.199. The Morgan fingerprint density at radius 2 is 1.90 bits per heavy atom. The lowest BCUT2D eigenvalue weighted by atomic mass is 10.1. The molecular formula is C23H21N3O3S. The predicted octanol–water partition coefficient (Wildman–Crippen LogP) is 5.16. The number of nitrogens with zero attached hydrogens (tertiary/aromatic N) is 2. The highest BCUT2D eigenvalue weighted by molar-refractivity contribution is 7.17. The summed E-state index contributed by atoms with van der Waals surface area (Å²) in [6, 6.07) is 15.4. The minimum absolute atomic E-state index is 0.199. The summed E-state index contributed by atoms with van der Waals surface area (Å²) in [5.74, 6) is 1.06. The van der Waals surface area contributed by atoms with Gasteiger partial charge in [0.25, 0.3) is 0 Å². The largest absolute Gasteiger partial charge is 0.497 e. The fraction of sp³-hybridized carbons (Fsp3) is 0.174. The summed E-state index contributed by atoms with van der Waals surface area (Å²) in [6.45, 7) is 3.45. The Hall–Kier alpha value is -3.63. The molecular weight excluding hydrogens is 398 g/mol. The number of rotatable bonds is 6. The first-order valence-electron chi connectivity index (χ1n) is 9.14. The number of hydrogen-bond acceptors (Lipinski definition) is 6. The molecule has 30 heavy (non-hydrogen) atoms.